The van der Waals surface area contributed by atoms with Crippen LogP contribution in [0.2, 0.25) is 0 Å². The molecule has 0 aliphatic carbocycles. The number of anilines is 1. The molecule has 0 radical (unpaired) electrons. The monoisotopic (exact) mass is 218 g/mol. The van der Waals surface area contributed by atoms with E-state index in [1.165, 1.54) is 0 Å². The summed E-state index contributed by atoms with van der Waals surface area (Å²) in [5.41, 5.74) is 1.04. The zero-order valence-electron chi connectivity index (χ0n) is 9.22. The first-order valence-corrected chi connectivity index (χ1v) is 5.58. The highest BCUT2D eigenvalue weighted by atomic mass is 15.4. The van der Waals surface area contributed by atoms with Crippen molar-refractivity contribution in [1.29, 1.82) is 0 Å². The van der Waals surface area contributed by atoms with E-state index in [0.29, 0.717) is 0 Å². The van der Waals surface area contributed by atoms with Crippen molar-refractivity contribution in [2.75, 3.05) is 11.9 Å². The topological polar surface area (TPSA) is 60.6 Å². The fraction of sp³-hybridized carbons (Fsp3) is 0.500. The van der Waals surface area contributed by atoms with Gasteiger partial charge < -0.3 is 5.32 Å². The van der Waals surface area contributed by atoms with Crippen LogP contribution in [-0.4, -0.2) is 31.1 Å². The van der Waals surface area contributed by atoms with Crippen LogP contribution in [0.4, 0.5) is 5.82 Å². The molecular weight excluding hydrogens is 204 g/mol. The lowest BCUT2D eigenvalue weighted by atomic mass is 10.2. The van der Waals surface area contributed by atoms with Crippen molar-refractivity contribution < 1.29 is 0 Å². The van der Waals surface area contributed by atoms with Gasteiger partial charge in [-0.2, -0.15) is 10.2 Å². The molecule has 1 N–H and O–H groups in total. The Kier molecular flexibility index (Phi) is 2.12. The maximum atomic E-state index is 4.36. The van der Waals surface area contributed by atoms with Crippen molar-refractivity contribution in [3.8, 4) is 11.4 Å². The van der Waals surface area contributed by atoms with E-state index in [2.05, 4.69) is 27.4 Å². The first kappa shape index (κ1) is 9.38. The largest absolute Gasteiger partial charge is 0.370 e. The number of fused-ring (bicyclic) bond motifs is 1. The number of hydrogen-bond acceptors (Lipinski definition) is 4. The normalized spacial score (nSPS) is 14.6. The summed E-state index contributed by atoms with van der Waals surface area (Å²) in [5, 5.41) is 11.9. The molecule has 0 atom stereocenters. The molecule has 3 heterocycles. The Morgan fingerprint density at radius 1 is 1.44 bits per heavy atom. The summed E-state index contributed by atoms with van der Waals surface area (Å²) < 4.78 is 3.88. The molecule has 0 aromatic carbocycles. The van der Waals surface area contributed by atoms with E-state index in [1.807, 2.05) is 15.6 Å². The average Bonchev–Trinajstić information content (AvgIpc) is 2.94. The van der Waals surface area contributed by atoms with E-state index in [-0.39, 0.29) is 0 Å². The molecule has 2 aromatic heterocycles. The zero-order valence-corrected chi connectivity index (χ0v) is 9.22. The highest BCUT2D eigenvalue weighted by Gasteiger charge is 2.18. The van der Waals surface area contributed by atoms with Gasteiger partial charge in [0, 0.05) is 19.6 Å². The van der Waals surface area contributed by atoms with Gasteiger partial charge in [-0.05, 0) is 13.3 Å². The number of aryl methyl sites for hydroxylation is 2. The van der Waals surface area contributed by atoms with Crippen LogP contribution in [0.25, 0.3) is 11.4 Å². The third-order valence-electron chi connectivity index (χ3n) is 2.83. The average molecular weight is 218 g/mol. The van der Waals surface area contributed by atoms with Crippen molar-refractivity contribution in [2.45, 2.75) is 26.4 Å². The lowest BCUT2D eigenvalue weighted by Gasteiger charge is -2.16. The molecule has 0 amide bonds. The number of nitrogens with one attached hydrogen (secondary N) is 1. The molecule has 0 fully saturated rings. The van der Waals surface area contributed by atoms with Crippen LogP contribution in [-0.2, 0) is 13.1 Å². The molecule has 3 rings (SSSR count). The minimum absolute atomic E-state index is 0.819. The molecule has 84 valence electrons. The minimum Gasteiger partial charge on any atom is -0.370 e. The van der Waals surface area contributed by atoms with Crippen molar-refractivity contribution in [1.82, 2.24) is 24.5 Å². The van der Waals surface area contributed by atoms with Crippen LogP contribution in [0.1, 0.15) is 13.3 Å². The number of aromatic nitrogens is 5. The summed E-state index contributed by atoms with van der Waals surface area (Å²) in [7, 11) is 0. The second-order valence-electron chi connectivity index (χ2n) is 3.81. The van der Waals surface area contributed by atoms with E-state index in [4.69, 9.17) is 0 Å². The van der Waals surface area contributed by atoms with Crippen molar-refractivity contribution >= 4 is 5.82 Å². The Balaban J connectivity index is 2.09. The first-order chi connectivity index (χ1) is 7.90. The van der Waals surface area contributed by atoms with Gasteiger partial charge in [-0.15, -0.1) is 0 Å². The molecule has 0 saturated carbocycles. The highest BCUT2D eigenvalue weighted by Crippen LogP contribution is 2.27. The van der Waals surface area contributed by atoms with E-state index in [9.17, 15) is 0 Å². The zero-order chi connectivity index (χ0) is 11.0. The van der Waals surface area contributed by atoms with Gasteiger partial charge >= 0.3 is 0 Å². The molecule has 2 aromatic rings. The maximum Gasteiger partial charge on any atom is 0.163 e. The van der Waals surface area contributed by atoms with Crippen LogP contribution in [0.3, 0.4) is 0 Å². The summed E-state index contributed by atoms with van der Waals surface area (Å²) in [6, 6.07) is 0. The van der Waals surface area contributed by atoms with Crippen molar-refractivity contribution in [3.05, 3.63) is 12.5 Å². The van der Waals surface area contributed by atoms with Gasteiger partial charge in [0.15, 0.2) is 5.82 Å². The second-order valence-corrected chi connectivity index (χ2v) is 3.81. The highest BCUT2D eigenvalue weighted by molar-refractivity contribution is 5.70. The number of rotatable bonds is 2. The Morgan fingerprint density at radius 3 is 3.25 bits per heavy atom. The summed E-state index contributed by atoms with van der Waals surface area (Å²) in [6.45, 7) is 4.85. The van der Waals surface area contributed by atoms with Crippen molar-refractivity contribution in [2.24, 2.45) is 0 Å². The molecule has 0 saturated heterocycles. The lowest BCUT2D eigenvalue weighted by Crippen LogP contribution is -2.18. The van der Waals surface area contributed by atoms with Crippen molar-refractivity contribution in [3.63, 3.8) is 0 Å². The molecule has 6 nitrogen and oxygen atoms in total. The summed E-state index contributed by atoms with van der Waals surface area (Å²) in [5.74, 6) is 1.95. The van der Waals surface area contributed by atoms with Crippen LogP contribution >= 0.6 is 0 Å². The van der Waals surface area contributed by atoms with Gasteiger partial charge in [-0.1, -0.05) is 0 Å². The standard InChI is InChI=1S/C10H14N6/c1-2-15-10(12-7-14-15)8-6-13-16-5-3-4-11-9(8)16/h6-7,11H,2-5H2,1H3. The third kappa shape index (κ3) is 1.30. The van der Waals surface area contributed by atoms with Crippen LogP contribution < -0.4 is 5.32 Å². The van der Waals surface area contributed by atoms with E-state index in [1.54, 1.807) is 6.33 Å². The SMILES string of the molecule is CCn1ncnc1-c1cnn2c1NCCC2. The van der Waals surface area contributed by atoms with Gasteiger partial charge in [0.25, 0.3) is 0 Å². The van der Waals surface area contributed by atoms with E-state index >= 15 is 0 Å². The van der Waals surface area contributed by atoms with Gasteiger partial charge in [0.2, 0.25) is 0 Å². The summed E-state index contributed by atoms with van der Waals surface area (Å²) >= 11 is 0. The Labute approximate surface area is 93.3 Å². The van der Waals surface area contributed by atoms with E-state index in [0.717, 1.165) is 43.3 Å². The molecule has 0 bridgehead atoms. The molecular formula is C10H14N6. The second kappa shape index (κ2) is 3.62. The molecule has 0 spiro atoms. The smallest absolute Gasteiger partial charge is 0.163 e. The van der Waals surface area contributed by atoms with Crippen LogP contribution in [0.15, 0.2) is 12.5 Å². The Hall–Kier alpha value is -1.85. The molecule has 16 heavy (non-hydrogen) atoms. The van der Waals surface area contributed by atoms with Gasteiger partial charge in [-0.25, -0.2) is 14.3 Å². The molecule has 1 aliphatic heterocycles. The fourth-order valence-corrected chi connectivity index (χ4v) is 2.04. The molecule has 0 unspecified atom stereocenters. The predicted molar refractivity (Wildman–Crippen MR) is 60.0 cm³/mol. The van der Waals surface area contributed by atoms with Gasteiger partial charge in [0.1, 0.15) is 12.1 Å². The molecule has 1 aliphatic rings. The Bertz CT molecular complexity index is 497. The third-order valence-corrected chi connectivity index (χ3v) is 2.83. The van der Waals surface area contributed by atoms with E-state index < -0.39 is 0 Å². The number of hydrogen-bond donors (Lipinski definition) is 1. The predicted octanol–water partition coefficient (Wildman–Crippen LogP) is 0.977. The summed E-state index contributed by atoms with van der Waals surface area (Å²) in [6.07, 6.45) is 4.57. The quantitative estimate of drug-likeness (QED) is 0.816. The lowest BCUT2D eigenvalue weighted by molar-refractivity contribution is 0.567. The fourth-order valence-electron chi connectivity index (χ4n) is 2.04. The van der Waals surface area contributed by atoms with Crippen LogP contribution in [0.5, 0.6) is 0 Å². The first-order valence-electron chi connectivity index (χ1n) is 5.58. The van der Waals surface area contributed by atoms with Gasteiger partial charge in [-0.3, -0.25) is 0 Å². The number of nitrogens with zero attached hydrogens (tertiary/aromatic N) is 5. The van der Waals surface area contributed by atoms with Crippen LogP contribution in [0, 0.1) is 0 Å². The van der Waals surface area contributed by atoms with Gasteiger partial charge in [0.05, 0.1) is 11.8 Å². The minimum atomic E-state index is 0.819. The Morgan fingerprint density at radius 2 is 2.38 bits per heavy atom. The summed E-state index contributed by atoms with van der Waals surface area (Å²) in [4.78, 5) is 4.30. The molecule has 6 heteroatoms. The maximum absolute atomic E-state index is 4.36.